The van der Waals surface area contributed by atoms with Crippen LogP contribution in [0.4, 0.5) is 22.4 Å². The van der Waals surface area contributed by atoms with E-state index in [9.17, 15) is 31.9 Å². The van der Waals surface area contributed by atoms with Gasteiger partial charge in [0.05, 0.1) is 0 Å². The molecule has 3 fully saturated rings. The zero-order chi connectivity index (χ0) is 29.5. The third-order valence-corrected chi connectivity index (χ3v) is 7.77. The highest BCUT2D eigenvalue weighted by Crippen LogP contribution is 2.57. The van der Waals surface area contributed by atoms with Crippen LogP contribution in [-0.2, 0) is 25.2 Å². The fraction of sp³-hybridized carbons (Fsp3) is 0.483. The molecule has 1 aliphatic heterocycles. The fourth-order valence-electron chi connectivity index (χ4n) is 5.66. The summed E-state index contributed by atoms with van der Waals surface area (Å²) < 4.78 is 58.5. The maximum atomic E-state index is 13.6. The lowest BCUT2D eigenvalue weighted by Gasteiger charge is -2.23. The quantitative estimate of drug-likeness (QED) is 0.415. The molecule has 3 aliphatic rings. The summed E-state index contributed by atoms with van der Waals surface area (Å²) in [4.78, 5) is 34.2. The molecule has 4 N–H and O–H groups in total. The predicted octanol–water partition coefficient (Wildman–Crippen LogP) is 4.79. The first-order valence-electron chi connectivity index (χ1n) is 13.1. The molecule has 2 aromatic rings. The molecule has 3 amide bonds. The zero-order valence-electron chi connectivity index (χ0n) is 23.0. The van der Waals surface area contributed by atoms with Crippen LogP contribution >= 0.6 is 12.4 Å². The van der Waals surface area contributed by atoms with Crippen LogP contribution < -0.4 is 16.4 Å². The van der Waals surface area contributed by atoms with Crippen LogP contribution in [0.3, 0.4) is 0 Å². The second kappa shape index (κ2) is 11.9. The van der Waals surface area contributed by atoms with Crippen molar-refractivity contribution in [2.45, 2.75) is 62.9 Å². The highest BCUT2D eigenvalue weighted by atomic mass is 35.5. The van der Waals surface area contributed by atoms with Crippen LogP contribution in [0, 0.1) is 35.1 Å². The second-order valence-electron chi connectivity index (χ2n) is 11.9. The number of benzene rings is 2. The highest BCUT2D eigenvalue weighted by Gasteiger charge is 2.58. The molecule has 1 saturated heterocycles. The third kappa shape index (κ3) is 7.69. The summed E-state index contributed by atoms with van der Waals surface area (Å²) in [6, 6.07) is 6.85. The molecule has 224 valence electrons. The van der Waals surface area contributed by atoms with Gasteiger partial charge in [0.25, 0.3) is 0 Å². The smallest absolute Gasteiger partial charge is 0.407 e. The minimum atomic E-state index is -0.713. The Labute approximate surface area is 242 Å². The van der Waals surface area contributed by atoms with Gasteiger partial charge in [-0.05, 0) is 80.8 Å². The monoisotopic (exact) mass is 599 g/mol. The van der Waals surface area contributed by atoms with Gasteiger partial charge in [-0.15, -0.1) is 12.4 Å². The molecule has 41 heavy (non-hydrogen) atoms. The summed E-state index contributed by atoms with van der Waals surface area (Å²) >= 11 is 0. The van der Waals surface area contributed by atoms with E-state index in [1.807, 2.05) is 0 Å². The van der Waals surface area contributed by atoms with Gasteiger partial charge in [-0.25, -0.2) is 22.4 Å². The van der Waals surface area contributed by atoms with Gasteiger partial charge in [0, 0.05) is 48.9 Å². The lowest BCUT2D eigenvalue weighted by atomic mass is 9.89. The number of nitrogens with two attached hydrogens (primary N) is 1. The van der Waals surface area contributed by atoms with Gasteiger partial charge in [0.2, 0.25) is 11.8 Å². The highest BCUT2D eigenvalue weighted by molar-refractivity contribution is 5.85. The Kier molecular flexibility index (Phi) is 9.32. The van der Waals surface area contributed by atoms with E-state index in [2.05, 4.69) is 10.6 Å². The van der Waals surface area contributed by atoms with E-state index < -0.39 is 46.3 Å². The Hall–Kier alpha value is -3.34. The molecular weight excluding hydrogens is 566 g/mol. The standard InChI is InChI=1S/C17H22F2N2O3.C12H11F2NO.ClH/c1-16(2,3)24-15(23)21-9-17(8-11(17)6-14(20)22)10-4-12(18)7-13(19)5-10;13-9-1-7(2-10(14)4-9)12-5-8(12)3-11(16)15-6-12;/h4-5,7,11H,6,8-9H2,1-3H3,(H2,20,22)(H,21,23);1-2,4,8H,3,5-6H2,(H,15,16);1H/t11-,17-;8-,12-;/m11./s1. The van der Waals surface area contributed by atoms with E-state index in [4.69, 9.17) is 10.5 Å². The van der Waals surface area contributed by atoms with E-state index in [0.29, 0.717) is 30.5 Å². The van der Waals surface area contributed by atoms with E-state index in [-0.39, 0.29) is 48.5 Å². The SMILES string of the molecule is CC(C)(C)OC(=O)NC[C@@]1(c2cc(F)cc(F)c2)C[C@H]1CC(N)=O.Cl.O=C1C[C@@H]2C[C@]2(c2cc(F)cc(F)c2)CN1. The Morgan fingerprint density at radius 3 is 2.00 bits per heavy atom. The number of alkyl carbamates (subject to hydrolysis) is 1. The first kappa shape index (κ1) is 32.2. The number of nitrogens with one attached hydrogen (secondary N) is 2. The number of primary amides is 1. The number of halogens is 5. The molecule has 2 aliphatic carbocycles. The summed E-state index contributed by atoms with van der Waals surface area (Å²) in [5, 5.41) is 5.39. The van der Waals surface area contributed by atoms with Crippen molar-refractivity contribution in [3.63, 3.8) is 0 Å². The molecular formula is C29H34ClF4N3O4. The summed E-state index contributed by atoms with van der Waals surface area (Å²) in [6.07, 6.45) is 1.29. The maximum Gasteiger partial charge on any atom is 0.407 e. The Morgan fingerprint density at radius 1 is 0.976 bits per heavy atom. The van der Waals surface area contributed by atoms with Crippen molar-refractivity contribution in [3.05, 3.63) is 70.8 Å². The zero-order valence-corrected chi connectivity index (χ0v) is 23.8. The molecule has 12 heteroatoms. The number of fused-ring (bicyclic) bond motifs is 1. The molecule has 2 saturated carbocycles. The second-order valence-corrected chi connectivity index (χ2v) is 11.9. The Bertz CT molecular complexity index is 1300. The number of ether oxygens (including phenoxy) is 1. The lowest BCUT2D eigenvalue weighted by Crippen LogP contribution is -2.38. The van der Waals surface area contributed by atoms with Crippen molar-refractivity contribution in [3.8, 4) is 0 Å². The molecule has 0 radical (unpaired) electrons. The number of piperidine rings is 1. The predicted molar refractivity (Wildman–Crippen MR) is 145 cm³/mol. The van der Waals surface area contributed by atoms with Crippen LogP contribution in [0.5, 0.6) is 0 Å². The van der Waals surface area contributed by atoms with Gasteiger partial charge in [-0.3, -0.25) is 9.59 Å². The molecule has 0 aromatic heterocycles. The van der Waals surface area contributed by atoms with Crippen molar-refractivity contribution in [1.29, 1.82) is 0 Å². The minimum absolute atomic E-state index is 0. The summed E-state index contributed by atoms with van der Waals surface area (Å²) in [5.41, 5.74) is 4.73. The van der Waals surface area contributed by atoms with Crippen molar-refractivity contribution >= 4 is 30.3 Å². The fourth-order valence-corrected chi connectivity index (χ4v) is 5.66. The van der Waals surface area contributed by atoms with Gasteiger partial charge in [-0.2, -0.15) is 0 Å². The molecule has 0 spiro atoms. The molecule has 7 nitrogen and oxygen atoms in total. The van der Waals surface area contributed by atoms with Gasteiger partial charge in [0.1, 0.15) is 28.9 Å². The number of rotatable bonds is 6. The van der Waals surface area contributed by atoms with Gasteiger partial charge in [0.15, 0.2) is 0 Å². The molecule has 4 atom stereocenters. The van der Waals surface area contributed by atoms with Crippen LogP contribution in [0.2, 0.25) is 0 Å². The van der Waals surface area contributed by atoms with Gasteiger partial charge in [-0.1, -0.05) is 0 Å². The molecule has 5 rings (SSSR count). The number of hydrogen-bond donors (Lipinski definition) is 3. The number of carbonyl (C=O) groups excluding carboxylic acids is 3. The molecule has 2 aromatic carbocycles. The Morgan fingerprint density at radius 2 is 1.51 bits per heavy atom. The third-order valence-electron chi connectivity index (χ3n) is 7.77. The number of carbonyl (C=O) groups is 3. The van der Waals surface area contributed by atoms with Gasteiger partial charge < -0.3 is 21.1 Å². The Balaban J connectivity index is 0.000000235. The first-order valence-corrected chi connectivity index (χ1v) is 13.1. The van der Waals surface area contributed by atoms with Crippen LogP contribution in [-0.4, -0.2) is 36.6 Å². The van der Waals surface area contributed by atoms with Crippen molar-refractivity contribution < 1.29 is 36.7 Å². The van der Waals surface area contributed by atoms with Gasteiger partial charge >= 0.3 is 6.09 Å². The first-order chi connectivity index (χ1) is 18.6. The van der Waals surface area contributed by atoms with E-state index in [1.165, 1.54) is 24.3 Å². The number of amides is 3. The molecule has 0 unspecified atom stereocenters. The van der Waals surface area contributed by atoms with Crippen molar-refractivity contribution in [2.24, 2.45) is 17.6 Å². The van der Waals surface area contributed by atoms with Crippen LogP contribution in [0.25, 0.3) is 0 Å². The topological polar surface area (TPSA) is 111 Å². The normalized spacial score (nSPS) is 25.8. The molecule has 0 bridgehead atoms. The number of hydrogen-bond acceptors (Lipinski definition) is 4. The van der Waals surface area contributed by atoms with Crippen molar-refractivity contribution in [2.75, 3.05) is 13.1 Å². The maximum absolute atomic E-state index is 13.6. The summed E-state index contributed by atoms with van der Waals surface area (Å²) in [7, 11) is 0. The largest absolute Gasteiger partial charge is 0.444 e. The summed E-state index contributed by atoms with van der Waals surface area (Å²) in [6.45, 7) is 5.81. The van der Waals surface area contributed by atoms with E-state index in [0.717, 1.165) is 18.6 Å². The molecule has 1 heterocycles. The lowest BCUT2D eigenvalue weighted by molar-refractivity contribution is -0.122. The average Bonchev–Trinajstić information content (AvgIpc) is 3.70. The minimum Gasteiger partial charge on any atom is -0.444 e. The van der Waals surface area contributed by atoms with Crippen molar-refractivity contribution in [1.82, 2.24) is 10.6 Å². The van der Waals surface area contributed by atoms with Crippen LogP contribution in [0.15, 0.2) is 36.4 Å². The van der Waals surface area contributed by atoms with E-state index in [1.54, 1.807) is 20.8 Å². The average molecular weight is 600 g/mol. The van der Waals surface area contributed by atoms with E-state index >= 15 is 0 Å². The summed E-state index contributed by atoms with van der Waals surface area (Å²) in [5.74, 6) is -2.88. The van der Waals surface area contributed by atoms with Crippen LogP contribution in [0.1, 0.15) is 57.6 Å².